The number of ether oxygens (including phenoxy) is 2. The SMILES string of the molecule is COc1ccc(C(=O)OCC(=O)N2CCC(C(N)=O)CC2)cc1Br. The first-order chi connectivity index (χ1) is 11.4. The Morgan fingerprint density at radius 2 is 1.96 bits per heavy atom. The van der Waals surface area contributed by atoms with Crippen molar-refractivity contribution >= 4 is 33.7 Å². The molecule has 2 rings (SSSR count). The smallest absolute Gasteiger partial charge is 0.338 e. The van der Waals surface area contributed by atoms with E-state index in [0.29, 0.717) is 41.7 Å². The molecule has 7 nitrogen and oxygen atoms in total. The fourth-order valence-corrected chi connectivity index (χ4v) is 3.05. The largest absolute Gasteiger partial charge is 0.496 e. The van der Waals surface area contributed by atoms with Crippen molar-refractivity contribution in [1.29, 1.82) is 0 Å². The van der Waals surface area contributed by atoms with Crippen LogP contribution in [-0.4, -0.2) is 49.5 Å². The van der Waals surface area contributed by atoms with Crippen molar-refractivity contribution in [3.05, 3.63) is 28.2 Å². The molecule has 0 aromatic heterocycles. The van der Waals surface area contributed by atoms with Gasteiger partial charge in [-0.1, -0.05) is 0 Å². The van der Waals surface area contributed by atoms with Gasteiger partial charge >= 0.3 is 5.97 Å². The van der Waals surface area contributed by atoms with Crippen LogP contribution < -0.4 is 10.5 Å². The fraction of sp³-hybridized carbons (Fsp3) is 0.438. The number of methoxy groups -OCH3 is 1. The van der Waals surface area contributed by atoms with E-state index in [-0.39, 0.29) is 24.3 Å². The van der Waals surface area contributed by atoms with E-state index < -0.39 is 5.97 Å². The van der Waals surface area contributed by atoms with Crippen molar-refractivity contribution in [1.82, 2.24) is 4.90 Å². The number of hydrogen-bond acceptors (Lipinski definition) is 5. The second-order valence-corrected chi connectivity index (χ2v) is 6.34. The molecule has 1 saturated heterocycles. The van der Waals surface area contributed by atoms with Crippen LogP contribution in [0.4, 0.5) is 0 Å². The van der Waals surface area contributed by atoms with E-state index in [0.717, 1.165) is 0 Å². The molecular weight excluding hydrogens is 380 g/mol. The third-order valence-electron chi connectivity index (χ3n) is 3.96. The van der Waals surface area contributed by atoms with Crippen molar-refractivity contribution < 1.29 is 23.9 Å². The van der Waals surface area contributed by atoms with Gasteiger partial charge in [0.05, 0.1) is 17.1 Å². The lowest BCUT2D eigenvalue weighted by atomic mass is 9.96. The molecule has 8 heteroatoms. The third-order valence-corrected chi connectivity index (χ3v) is 4.58. The second kappa shape index (κ2) is 8.14. The first-order valence-electron chi connectivity index (χ1n) is 7.50. The van der Waals surface area contributed by atoms with Crippen molar-refractivity contribution in [3.8, 4) is 5.75 Å². The normalized spacial score (nSPS) is 15.0. The number of halogens is 1. The van der Waals surface area contributed by atoms with E-state index in [2.05, 4.69) is 15.9 Å². The number of carbonyl (C=O) groups excluding carboxylic acids is 3. The predicted molar refractivity (Wildman–Crippen MR) is 89.5 cm³/mol. The van der Waals surface area contributed by atoms with E-state index in [4.69, 9.17) is 15.2 Å². The molecule has 24 heavy (non-hydrogen) atoms. The Morgan fingerprint density at radius 1 is 1.29 bits per heavy atom. The minimum absolute atomic E-state index is 0.187. The summed E-state index contributed by atoms with van der Waals surface area (Å²) >= 11 is 3.29. The molecule has 1 aliphatic heterocycles. The summed E-state index contributed by atoms with van der Waals surface area (Å²) in [5, 5.41) is 0. The molecule has 0 unspecified atom stereocenters. The fourth-order valence-electron chi connectivity index (χ4n) is 2.51. The van der Waals surface area contributed by atoms with Crippen molar-refractivity contribution in [2.24, 2.45) is 11.7 Å². The van der Waals surface area contributed by atoms with Crippen molar-refractivity contribution in [2.45, 2.75) is 12.8 Å². The summed E-state index contributed by atoms with van der Waals surface area (Å²) in [6.45, 7) is 0.555. The van der Waals surface area contributed by atoms with E-state index in [1.807, 2.05) is 0 Å². The lowest BCUT2D eigenvalue weighted by Crippen LogP contribution is -2.43. The number of benzene rings is 1. The maximum absolute atomic E-state index is 12.1. The van der Waals surface area contributed by atoms with Crippen LogP contribution in [-0.2, 0) is 14.3 Å². The molecule has 1 aliphatic rings. The van der Waals surface area contributed by atoms with E-state index in [1.54, 1.807) is 23.1 Å². The summed E-state index contributed by atoms with van der Waals surface area (Å²) in [4.78, 5) is 36.8. The molecule has 1 heterocycles. The van der Waals surface area contributed by atoms with Gasteiger partial charge in [-0.25, -0.2) is 4.79 Å². The molecule has 1 aromatic carbocycles. The average Bonchev–Trinajstić information content (AvgIpc) is 2.59. The predicted octanol–water partition coefficient (Wildman–Crippen LogP) is 1.34. The topological polar surface area (TPSA) is 98.9 Å². The highest BCUT2D eigenvalue weighted by Crippen LogP contribution is 2.25. The molecule has 1 aromatic rings. The number of nitrogens with zero attached hydrogens (tertiary/aromatic N) is 1. The Bertz CT molecular complexity index is 641. The van der Waals surface area contributed by atoms with Gasteiger partial charge in [-0.15, -0.1) is 0 Å². The molecule has 130 valence electrons. The van der Waals surface area contributed by atoms with Gasteiger partial charge in [0, 0.05) is 19.0 Å². The van der Waals surface area contributed by atoms with E-state index in [1.165, 1.54) is 7.11 Å². The van der Waals surface area contributed by atoms with Crippen LogP contribution in [0.5, 0.6) is 5.75 Å². The first kappa shape index (κ1) is 18.3. The van der Waals surface area contributed by atoms with E-state index >= 15 is 0 Å². The van der Waals surface area contributed by atoms with Gasteiger partial charge in [0.25, 0.3) is 5.91 Å². The minimum atomic E-state index is -0.585. The van der Waals surface area contributed by atoms with Crippen LogP contribution >= 0.6 is 15.9 Å². The van der Waals surface area contributed by atoms with Gasteiger partial charge in [-0.2, -0.15) is 0 Å². The summed E-state index contributed by atoms with van der Waals surface area (Å²) in [5.74, 6) is -0.788. The molecule has 1 fully saturated rings. The zero-order valence-electron chi connectivity index (χ0n) is 13.3. The number of esters is 1. The van der Waals surface area contributed by atoms with Crippen LogP contribution in [0.15, 0.2) is 22.7 Å². The highest BCUT2D eigenvalue weighted by molar-refractivity contribution is 9.10. The lowest BCUT2D eigenvalue weighted by molar-refractivity contribution is -0.137. The van der Waals surface area contributed by atoms with Gasteiger partial charge < -0.3 is 20.1 Å². The zero-order valence-corrected chi connectivity index (χ0v) is 14.9. The molecule has 0 radical (unpaired) electrons. The van der Waals surface area contributed by atoms with Crippen LogP contribution in [0.1, 0.15) is 23.2 Å². The van der Waals surface area contributed by atoms with Gasteiger partial charge in [-0.3, -0.25) is 9.59 Å². The van der Waals surface area contributed by atoms with Crippen molar-refractivity contribution in [3.63, 3.8) is 0 Å². The van der Waals surface area contributed by atoms with Crippen LogP contribution in [0.3, 0.4) is 0 Å². The number of hydrogen-bond donors (Lipinski definition) is 1. The molecule has 0 saturated carbocycles. The number of rotatable bonds is 5. The van der Waals surface area contributed by atoms with Gasteiger partial charge in [-0.05, 0) is 47.0 Å². The number of piperidine rings is 1. The van der Waals surface area contributed by atoms with Crippen LogP contribution in [0.2, 0.25) is 0 Å². The standard InChI is InChI=1S/C16H19BrN2O5/c1-23-13-3-2-11(8-12(13)17)16(22)24-9-14(20)19-6-4-10(5-7-19)15(18)21/h2-3,8,10H,4-7,9H2,1H3,(H2,18,21). The summed E-state index contributed by atoms with van der Waals surface area (Å²) in [5.41, 5.74) is 5.58. The summed E-state index contributed by atoms with van der Waals surface area (Å²) in [6, 6.07) is 4.77. The average molecular weight is 399 g/mol. The van der Waals surface area contributed by atoms with Gasteiger partial charge in [0.1, 0.15) is 5.75 Å². The molecular formula is C16H19BrN2O5. The Labute approximate surface area is 148 Å². The summed E-state index contributed by atoms with van der Waals surface area (Å²) in [6.07, 6.45) is 1.08. The van der Waals surface area contributed by atoms with Crippen LogP contribution in [0.25, 0.3) is 0 Å². The Morgan fingerprint density at radius 3 is 2.50 bits per heavy atom. The Balaban J connectivity index is 1.84. The number of likely N-dealkylation sites (tertiary alicyclic amines) is 1. The van der Waals surface area contributed by atoms with Crippen molar-refractivity contribution in [2.75, 3.05) is 26.8 Å². The maximum Gasteiger partial charge on any atom is 0.338 e. The molecule has 0 spiro atoms. The quantitative estimate of drug-likeness (QED) is 0.754. The minimum Gasteiger partial charge on any atom is -0.496 e. The lowest BCUT2D eigenvalue weighted by Gasteiger charge is -2.30. The summed E-state index contributed by atoms with van der Waals surface area (Å²) in [7, 11) is 1.53. The zero-order chi connectivity index (χ0) is 17.7. The highest BCUT2D eigenvalue weighted by atomic mass is 79.9. The number of nitrogens with two attached hydrogens (primary N) is 1. The van der Waals surface area contributed by atoms with Crippen LogP contribution in [0, 0.1) is 5.92 Å². The first-order valence-corrected chi connectivity index (χ1v) is 8.29. The molecule has 0 atom stereocenters. The summed E-state index contributed by atoms with van der Waals surface area (Å²) < 4.78 is 10.8. The Hall–Kier alpha value is -2.09. The number of carbonyl (C=O) groups is 3. The number of primary amides is 1. The Kier molecular flexibility index (Phi) is 6.19. The molecule has 0 bridgehead atoms. The second-order valence-electron chi connectivity index (χ2n) is 5.48. The molecule has 2 N–H and O–H groups in total. The van der Waals surface area contributed by atoms with E-state index in [9.17, 15) is 14.4 Å². The van der Waals surface area contributed by atoms with Gasteiger partial charge in [0.15, 0.2) is 6.61 Å². The number of amides is 2. The third kappa shape index (κ3) is 4.47. The molecule has 0 aliphatic carbocycles. The molecule has 2 amide bonds. The monoisotopic (exact) mass is 398 g/mol. The van der Waals surface area contributed by atoms with Gasteiger partial charge in [0.2, 0.25) is 5.91 Å². The highest BCUT2D eigenvalue weighted by Gasteiger charge is 2.26. The maximum atomic E-state index is 12.1.